The molecule has 3 N–H and O–H groups in total. The Kier molecular flexibility index (Phi) is 6.56. The fourth-order valence-corrected chi connectivity index (χ4v) is 5.33. The van der Waals surface area contributed by atoms with E-state index in [9.17, 15) is 14.7 Å². The Hall–Kier alpha value is -2.54. The first kappa shape index (κ1) is 23.2. The molecule has 11 heteroatoms. The highest BCUT2D eigenvalue weighted by Crippen LogP contribution is 2.55. The van der Waals surface area contributed by atoms with Crippen LogP contribution in [0, 0.1) is 5.41 Å². The molecule has 0 aromatic heterocycles. The molecule has 34 heavy (non-hydrogen) atoms. The number of benzene rings is 1. The number of aliphatic hydroxyl groups is 2. The minimum Gasteiger partial charge on any atom is -0.499 e. The van der Waals surface area contributed by atoms with Crippen molar-refractivity contribution < 1.29 is 43.6 Å². The van der Waals surface area contributed by atoms with Crippen molar-refractivity contribution in [2.75, 3.05) is 33.2 Å². The van der Waals surface area contributed by atoms with E-state index in [1.54, 1.807) is 6.08 Å². The normalized spacial score (nSPS) is 34.2. The van der Waals surface area contributed by atoms with Crippen LogP contribution in [0.25, 0.3) is 6.08 Å². The Balaban J connectivity index is 1.39. The smallest absolute Gasteiger partial charge is 0.327 e. The largest absolute Gasteiger partial charge is 0.499 e. The van der Waals surface area contributed by atoms with Gasteiger partial charge in [0.25, 0.3) is 0 Å². The average Bonchev–Trinajstić information content (AvgIpc) is 3.46. The molecule has 3 aliphatic heterocycles. The highest BCUT2D eigenvalue weighted by atomic mass is 16.8. The van der Waals surface area contributed by atoms with Crippen molar-refractivity contribution in [2.45, 2.75) is 43.4 Å². The second kappa shape index (κ2) is 9.61. The summed E-state index contributed by atoms with van der Waals surface area (Å²) < 4.78 is 22.3. The monoisotopic (exact) mass is 476 g/mol. The van der Waals surface area contributed by atoms with Crippen LogP contribution in [0.15, 0.2) is 30.5 Å². The number of hydrogen-bond donors (Lipinski definition) is 3. The van der Waals surface area contributed by atoms with Gasteiger partial charge in [-0.2, -0.15) is 5.06 Å². The quantitative estimate of drug-likeness (QED) is 0.239. The van der Waals surface area contributed by atoms with Crippen LogP contribution >= 0.6 is 0 Å². The summed E-state index contributed by atoms with van der Waals surface area (Å²) in [4.78, 5) is 32.8. The lowest BCUT2D eigenvalue weighted by Gasteiger charge is -2.48. The zero-order valence-corrected chi connectivity index (χ0v) is 18.5. The molecule has 1 amide bonds. The number of rotatable bonds is 9. The van der Waals surface area contributed by atoms with E-state index in [-0.39, 0.29) is 52.0 Å². The summed E-state index contributed by atoms with van der Waals surface area (Å²) in [6, 6.07) is 6.61. The molecular weight excluding hydrogens is 448 g/mol. The molecule has 1 aliphatic carbocycles. The number of carbonyl (C=O) groups is 2. The van der Waals surface area contributed by atoms with Gasteiger partial charge in [0, 0.05) is 13.0 Å². The van der Waals surface area contributed by atoms with Crippen LogP contribution in [0.1, 0.15) is 17.5 Å². The standard InChI is InChI=1S/C23H28N2O9/c26-7-6-24-22(29)23-11-16-17-18(32-13-31-17)20(23)34-25(19(23)21(28)33-16)12-15-3-1-14(2-4-15)5-9-30-10-8-27/h1-5,9,16-20,26-27H,6-8,10-13H2,(H,24,29)/t16-,17+,18+,19+,20-,23+/m1/s1. The Bertz CT molecular complexity index is 939. The van der Waals surface area contributed by atoms with E-state index in [2.05, 4.69) is 5.32 Å². The summed E-state index contributed by atoms with van der Waals surface area (Å²) in [5.41, 5.74) is 0.557. The van der Waals surface area contributed by atoms with Gasteiger partial charge in [-0.15, -0.1) is 0 Å². The Labute approximate surface area is 196 Å². The number of nitrogens with one attached hydrogen (secondary N) is 1. The van der Waals surface area contributed by atoms with Crippen molar-refractivity contribution in [3.63, 3.8) is 0 Å². The summed E-state index contributed by atoms with van der Waals surface area (Å²) in [5, 5.41) is 22.2. The number of esters is 1. The van der Waals surface area contributed by atoms with Crippen molar-refractivity contribution >= 4 is 18.0 Å². The lowest BCUT2D eigenvalue weighted by Crippen LogP contribution is -2.69. The lowest BCUT2D eigenvalue weighted by molar-refractivity contribution is -0.201. The summed E-state index contributed by atoms with van der Waals surface area (Å²) in [7, 11) is 0. The third kappa shape index (κ3) is 3.88. The minimum atomic E-state index is -1.21. The molecule has 1 saturated carbocycles. The zero-order valence-electron chi connectivity index (χ0n) is 18.5. The fourth-order valence-electron chi connectivity index (χ4n) is 5.33. The molecule has 1 aromatic carbocycles. The molecule has 0 radical (unpaired) electrons. The highest BCUT2D eigenvalue weighted by Gasteiger charge is 2.74. The van der Waals surface area contributed by atoms with E-state index in [0.717, 1.165) is 11.1 Å². The first-order valence-corrected chi connectivity index (χ1v) is 11.3. The van der Waals surface area contributed by atoms with Crippen LogP contribution < -0.4 is 5.32 Å². The number of amides is 1. The van der Waals surface area contributed by atoms with Gasteiger partial charge in [-0.25, -0.2) is 0 Å². The molecule has 2 bridgehead atoms. The molecule has 0 spiro atoms. The Morgan fingerprint density at radius 3 is 2.76 bits per heavy atom. The first-order chi connectivity index (χ1) is 16.6. The molecule has 3 heterocycles. The number of aliphatic hydroxyl groups excluding tert-OH is 2. The number of ether oxygens (including phenoxy) is 4. The third-order valence-electron chi connectivity index (χ3n) is 6.78. The highest BCUT2D eigenvalue weighted by molar-refractivity contribution is 5.93. The van der Waals surface area contributed by atoms with E-state index < -0.39 is 41.8 Å². The van der Waals surface area contributed by atoms with Gasteiger partial charge < -0.3 is 34.5 Å². The van der Waals surface area contributed by atoms with Gasteiger partial charge in [-0.3, -0.25) is 14.4 Å². The van der Waals surface area contributed by atoms with Crippen molar-refractivity contribution in [1.29, 1.82) is 0 Å². The number of hydrogen-bond acceptors (Lipinski definition) is 10. The van der Waals surface area contributed by atoms with E-state index in [1.165, 1.54) is 11.3 Å². The molecule has 0 unspecified atom stereocenters. The number of nitrogens with zero attached hydrogens (tertiary/aromatic N) is 1. The van der Waals surface area contributed by atoms with Gasteiger partial charge >= 0.3 is 5.97 Å². The molecule has 3 saturated heterocycles. The first-order valence-electron chi connectivity index (χ1n) is 11.3. The summed E-state index contributed by atoms with van der Waals surface area (Å²) >= 11 is 0. The second-order valence-electron chi connectivity index (χ2n) is 8.72. The van der Waals surface area contributed by atoms with Crippen molar-refractivity contribution in [1.82, 2.24) is 10.4 Å². The van der Waals surface area contributed by atoms with Gasteiger partial charge in [-0.1, -0.05) is 24.3 Å². The van der Waals surface area contributed by atoms with Gasteiger partial charge in [0.2, 0.25) is 5.91 Å². The van der Waals surface area contributed by atoms with Crippen LogP contribution in [0.5, 0.6) is 0 Å². The maximum Gasteiger partial charge on any atom is 0.327 e. The Morgan fingerprint density at radius 1 is 1.21 bits per heavy atom. The maximum absolute atomic E-state index is 13.4. The van der Waals surface area contributed by atoms with Crippen molar-refractivity contribution in [3.8, 4) is 0 Å². The van der Waals surface area contributed by atoms with Crippen molar-refractivity contribution in [2.24, 2.45) is 5.41 Å². The molecule has 4 aliphatic rings. The predicted octanol–water partition coefficient (Wildman–Crippen LogP) is -0.684. The van der Waals surface area contributed by atoms with Gasteiger partial charge in [-0.05, 0) is 17.2 Å². The van der Waals surface area contributed by atoms with Crippen LogP contribution in [-0.2, 0) is 39.9 Å². The van der Waals surface area contributed by atoms with Gasteiger partial charge in [0.15, 0.2) is 6.04 Å². The van der Waals surface area contributed by atoms with Crippen LogP contribution in [0.3, 0.4) is 0 Å². The van der Waals surface area contributed by atoms with E-state index in [1.807, 2.05) is 24.3 Å². The molecule has 11 nitrogen and oxygen atoms in total. The molecule has 1 aromatic rings. The summed E-state index contributed by atoms with van der Waals surface area (Å²) in [6.07, 6.45) is 1.18. The fraction of sp³-hybridized carbons (Fsp3) is 0.565. The average molecular weight is 476 g/mol. The van der Waals surface area contributed by atoms with E-state index >= 15 is 0 Å². The van der Waals surface area contributed by atoms with E-state index in [4.69, 9.17) is 28.9 Å². The SMILES string of the molecule is O=C1O[C@@H]2C[C@@]3(C(=O)NCCO)[C@H](ON(Cc4ccc(C=COCCO)cc4)[C@@H]13)[C@H]1OCO[C@H]12. The van der Waals surface area contributed by atoms with Crippen LogP contribution in [-0.4, -0.2) is 90.8 Å². The van der Waals surface area contributed by atoms with Crippen molar-refractivity contribution in [3.05, 3.63) is 41.7 Å². The molecule has 4 fully saturated rings. The third-order valence-corrected chi connectivity index (χ3v) is 6.78. The van der Waals surface area contributed by atoms with Gasteiger partial charge in [0.1, 0.15) is 43.2 Å². The topological polar surface area (TPSA) is 136 Å². The molecule has 5 rings (SSSR count). The summed E-state index contributed by atoms with van der Waals surface area (Å²) in [5.74, 6) is -0.898. The van der Waals surface area contributed by atoms with E-state index in [0.29, 0.717) is 0 Å². The van der Waals surface area contributed by atoms with Crippen LogP contribution in [0.2, 0.25) is 0 Å². The number of fused-ring (bicyclic) bond motifs is 4. The number of carbonyl (C=O) groups excluding carboxylic acids is 2. The Morgan fingerprint density at radius 2 is 2.00 bits per heavy atom. The second-order valence-corrected chi connectivity index (χ2v) is 8.72. The molecular formula is C23H28N2O9. The minimum absolute atomic E-state index is 0.0409. The maximum atomic E-state index is 13.4. The summed E-state index contributed by atoms with van der Waals surface area (Å²) in [6.45, 7) is 0.321. The molecule has 6 atom stereocenters. The predicted molar refractivity (Wildman–Crippen MR) is 114 cm³/mol. The molecule has 184 valence electrons. The number of hydroxylamine groups is 2. The zero-order chi connectivity index (χ0) is 23.7. The lowest BCUT2D eigenvalue weighted by atomic mass is 9.62. The van der Waals surface area contributed by atoms with Crippen LogP contribution in [0.4, 0.5) is 0 Å². The van der Waals surface area contributed by atoms with Gasteiger partial charge in [0.05, 0.1) is 26.0 Å².